The highest BCUT2D eigenvalue weighted by Gasteiger charge is 2.37. The number of anilines is 1. The van der Waals surface area contributed by atoms with E-state index in [0.29, 0.717) is 25.9 Å². The maximum atomic E-state index is 13.7. The lowest BCUT2D eigenvalue weighted by atomic mass is 9.98. The molecule has 0 bridgehead atoms. The lowest BCUT2D eigenvalue weighted by Gasteiger charge is -2.31. The number of carbonyl (C=O) groups excluding carboxylic acids is 2. The van der Waals surface area contributed by atoms with E-state index in [1.807, 2.05) is 13.0 Å². The molecule has 42 heavy (non-hydrogen) atoms. The first-order valence-corrected chi connectivity index (χ1v) is 17.0. The van der Waals surface area contributed by atoms with Crippen molar-refractivity contribution in [3.8, 4) is 11.1 Å². The van der Waals surface area contributed by atoms with E-state index in [2.05, 4.69) is 10.6 Å². The van der Waals surface area contributed by atoms with Crippen molar-refractivity contribution in [2.75, 3.05) is 17.3 Å². The Bertz CT molecular complexity index is 1650. The molecule has 3 aromatic rings. The molecular weight excluding hydrogens is 617 g/mol. The number of aliphatic carboxylic acids is 1. The summed E-state index contributed by atoms with van der Waals surface area (Å²) in [5.41, 5.74) is 8.07. The van der Waals surface area contributed by atoms with Crippen molar-refractivity contribution >= 4 is 74.0 Å². The van der Waals surface area contributed by atoms with Gasteiger partial charge in [0.1, 0.15) is 11.9 Å². The normalized spacial score (nSPS) is 12.4. The minimum absolute atomic E-state index is 0.0544. The number of carbonyl (C=O) groups is 3. The maximum absolute atomic E-state index is 13.7. The third-order valence-corrected chi connectivity index (χ3v) is 12.0. The van der Waals surface area contributed by atoms with E-state index in [4.69, 9.17) is 11.1 Å². The molecule has 3 rings (SSSR count). The molecule has 0 aliphatic heterocycles. The van der Waals surface area contributed by atoms with Crippen molar-refractivity contribution in [1.82, 2.24) is 5.32 Å². The SMILES string of the molecule is CSc1sc(C(=N)N)cc1S(=O)(=O)c1cccc(-c2c(C)cccc2NC(=O)CSC(C)(C)C(NC(C)=O)C(=O)O)c1. The van der Waals surface area contributed by atoms with E-state index >= 15 is 0 Å². The van der Waals surface area contributed by atoms with E-state index in [9.17, 15) is 27.9 Å². The molecular formula is C28H32N4O6S4. The first-order valence-electron chi connectivity index (χ1n) is 12.5. The molecule has 0 saturated heterocycles. The number of benzene rings is 2. The predicted molar refractivity (Wildman–Crippen MR) is 170 cm³/mol. The lowest BCUT2D eigenvalue weighted by molar-refractivity contribution is -0.142. The average molecular weight is 649 g/mol. The van der Waals surface area contributed by atoms with Gasteiger partial charge in [-0.3, -0.25) is 15.0 Å². The van der Waals surface area contributed by atoms with E-state index in [-0.39, 0.29) is 21.4 Å². The topological polar surface area (TPSA) is 180 Å². The van der Waals surface area contributed by atoms with E-state index in [1.165, 1.54) is 30.8 Å². The fourth-order valence-corrected chi connectivity index (χ4v) is 8.98. The molecule has 14 heteroatoms. The summed E-state index contributed by atoms with van der Waals surface area (Å²) < 4.78 is 26.9. The maximum Gasteiger partial charge on any atom is 0.327 e. The fraction of sp³-hybridized carbons (Fsp3) is 0.286. The second-order valence-corrected chi connectivity index (χ2v) is 15.5. The zero-order chi connectivity index (χ0) is 31.4. The molecule has 10 nitrogen and oxygen atoms in total. The predicted octanol–water partition coefficient (Wildman–Crippen LogP) is 4.60. The van der Waals surface area contributed by atoms with Crippen molar-refractivity contribution in [2.24, 2.45) is 5.73 Å². The third-order valence-electron chi connectivity index (χ3n) is 6.25. The molecule has 1 heterocycles. The van der Waals surface area contributed by atoms with Gasteiger partial charge in [0.2, 0.25) is 21.7 Å². The standard InChI is InChI=1S/C28H32N4O6S4/c1-15-8-6-11-19(32-22(34)14-40-28(3,4)24(26(35)36)31-16(2)33)23(15)17-9-7-10-18(12-17)42(37,38)21-13-20(25(29)30)41-27(21)39-5/h6-13,24H,14H2,1-5H3,(H3,29,30)(H,31,33)(H,32,34)(H,35,36). The van der Waals surface area contributed by atoms with Crippen LogP contribution in [0.2, 0.25) is 0 Å². The zero-order valence-corrected chi connectivity index (χ0v) is 26.9. The first kappa shape index (κ1) is 33.2. The van der Waals surface area contributed by atoms with Crippen LogP contribution in [0.25, 0.3) is 11.1 Å². The quantitative estimate of drug-likeness (QED) is 0.107. The van der Waals surface area contributed by atoms with Gasteiger partial charge in [-0.05, 0) is 62.4 Å². The number of amides is 2. The average Bonchev–Trinajstić information content (AvgIpc) is 3.37. The van der Waals surface area contributed by atoms with Gasteiger partial charge in [-0.2, -0.15) is 0 Å². The number of carboxylic acids is 1. The summed E-state index contributed by atoms with van der Waals surface area (Å²) in [6, 6.07) is 12.0. The molecule has 0 fully saturated rings. The Hall–Kier alpha value is -3.33. The number of carboxylic acid groups (broad SMARTS) is 1. The number of nitrogens with one attached hydrogen (secondary N) is 3. The number of aryl methyl sites for hydroxylation is 1. The highest BCUT2D eigenvalue weighted by molar-refractivity contribution is 8.01. The minimum Gasteiger partial charge on any atom is -0.480 e. The Balaban J connectivity index is 1.92. The molecule has 0 spiro atoms. The molecule has 1 aromatic heterocycles. The monoisotopic (exact) mass is 648 g/mol. The number of amidine groups is 1. The van der Waals surface area contributed by atoms with E-state index < -0.39 is 38.4 Å². The Morgan fingerprint density at radius 1 is 1.14 bits per heavy atom. The second-order valence-electron chi connectivity index (χ2n) is 9.82. The van der Waals surface area contributed by atoms with Crippen LogP contribution in [0.15, 0.2) is 62.5 Å². The van der Waals surface area contributed by atoms with Crippen LogP contribution in [0.3, 0.4) is 0 Å². The van der Waals surface area contributed by atoms with Crippen LogP contribution in [0.1, 0.15) is 31.2 Å². The van der Waals surface area contributed by atoms with Crippen molar-refractivity contribution in [1.29, 1.82) is 5.41 Å². The van der Waals surface area contributed by atoms with Gasteiger partial charge in [-0.1, -0.05) is 24.3 Å². The van der Waals surface area contributed by atoms with Crippen LogP contribution >= 0.6 is 34.9 Å². The Kier molecular flexibility index (Phi) is 10.5. The van der Waals surface area contributed by atoms with Gasteiger partial charge in [-0.15, -0.1) is 34.9 Å². The summed E-state index contributed by atoms with van der Waals surface area (Å²) in [5, 5.41) is 22.6. The molecule has 0 aliphatic rings. The second kappa shape index (κ2) is 13.3. The number of thiophene rings is 1. The Morgan fingerprint density at radius 3 is 2.40 bits per heavy atom. The Morgan fingerprint density at radius 2 is 1.81 bits per heavy atom. The zero-order valence-electron chi connectivity index (χ0n) is 23.6. The summed E-state index contributed by atoms with van der Waals surface area (Å²) in [6.45, 7) is 6.35. The van der Waals surface area contributed by atoms with Crippen LogP contribution in [-0.4, -0.2) is 59.9 Å². The summed E-state index contributed by atoms with van der Waals surface area (Å²) in [5.74, 6) is -2.39. The van der Waals surface area contributed by atoms with Crippen molar-refractivity contribution in [2.45, 2.75) is 52.5 Å². The number of thioether (sulfide) groups is 2. The molecule has 1 unspecified atom stereocenters. The van der Waals surface area contributed by atoms with Crippen molar-refractivity contribution < 1.29 is 27.9 Å². The van der Waals surface area contributed by atoms with Gasteiger partial charge in [0.25, 0.3) is 0 Å². The van der Waals surface area contributed by atoms with Crippen LogP contribution in [-0.2, 0) is 24.2 Å². The molecule has 224 valence electrons. The first-order chi connectivity index (χ1) is 19.6. The van der Waals surface area contributed by atoms with Gasteiger partial charge in [0.05, 0.1) is 24.6 Å². The highest BCUT2D eigenvalue weighted by Crippen LogP contribution is 2.39. The van der Waals surface area contributed by atoms with Gasteiger partial charge in [0.15, 0.2) is 0 Å². The number of nitrogens with two attached hydrogens (primary N) is 1. The summed E-state index contributed by atoms with van der Waals surface area (Å²) in [6.07, 6.45) is 1.76. The molecule has 1 atom stereocenters. The molecule has 0 saturated carbocycles. The van der Waals surface area contributed by atoms with Crippen LogP contribution in [0.4, 0.5) is 5.69 Å². The molecule has 0 aliphatic carbocycles. The van der Waals surface area contributed by atoms with Crippen LogP contribution in [0.5, 0.6) is 0 Å². The molecule has 2 amide bonds. The van der Waals surface area contributed by atoms with Crippen LogP contribution in [0, 0.1) is 12.3 Å². The summed E-state index contributed by atoms with van der Waals surface area (Å²) >= 11 is 3.50. The molecule has 0 radical (unpaired) electrons. The van der Waals surface area contributed by atoms with Crippen molar-refractivity contribution in [3.63, 3.8) is 0 Å². The van der Waals surface area contributed by atoms with Gasteiger partial charge in [0, 0.05) is 22.9 Å². The minimum atomic E-state index is -3.95. The lowest BCUT2D eigenvalue weighted by Crippen LogP contribution is -2.52. The number of nitrogen functional groups attached to an aromatic ring is 1. The highest BCUT2D eigenvalue weighted by atomic mass is 32.2. The number of sulfone groups is 1. The number of hydrogen-bond donors (Lipinski definition) is 5. The summed E-state index contributed by atoms with van der Waals surface area (Å²) in [4.78, 5) is 36.7. The smallest absolute Gasteiger partial charge is 0.327 e. The number of rotatable bonds is 12. The molecule has 6 N–H and O–H groups in total. The largest absolute Gasteiger partial charge is 0.480 e. The van der Waals surface area contributed by atoms with Crippen molar-refractivity contribution in [3.05, 3.63) is 59.0 Å². The number of hydrogen-bond acceptors (Lipinski definition) is 9. The van der Waals surface area contributed by atoms with E-state index in [0.717, 1.165) is 28.7 Å². The molecule has 2 aromatic carbocycles. The third kappa shape index (κ3) is 7.54. The Labute approximate surface area is 257 Å². The fourth-order valence-electron chi connectivity index (χ4n) is 4.18. The van der Waals surface area contributed by atoms with Crippen LogP contribution < -0.4 is 16.4 Å². The van der Waals surface area contributed by atoms with Gasteiger partial charge < -0.3 is 21.5 Å². The van der Waals surface area contributed by atoms with E-state index in [1.54, 1.807) is 50.4 Å². The van der Waals surface area contributed by atoms with Gasteiger partial charge >= 0.3 is 5.97 Å². The van der Waals surface area contributed by atoms with Gasteiger partial charge in [-0.25, -0.2) is 13.2 Å². The summed E-state index contributed by atoms with van der Waals surface area (Å²) in [7, 11) is -3.95.